The normalized spacial score (nSPS) is 15.1. The van der Waals surface area contributed by atoms with Gasteiger partial charge in [0, 0.05) is 38.1 Å². The standard InChI is InChI=1S/C22H25FN4O3/c23-16-5-6-19-18(15-16)22(25-21(24-19)17-3-1-2-4-20(17)29)27-9-7-26(8-10-27)11-13-30-14-12-28/h1-6,15,28-29H,7-14H2. The van der Waals surface area contributed by atoms with E-state index in [0.29, 0.717) is 41.3 Å². The number of ether oxygens (including phenoxy) is 1. The first kappa shape index (κ1) is 20.5. The van der Waals surface area contributed by atoms with Crippen LogP contribution in [0.5, 0.6) is 5.75 Å². The minimum Gasteiger partial charge on any atom is -0.507 e. The molecule has 2 N–H and O–H groups in total. The number of anilines is 1. The molecule has 1 aromatic heterocycles. The molecule has 0 bridgehead atoms. The van der Waals surface area contributed by atoms with E-state index in [1.807, 2.05) is 6.07 Å². The van der Waals surface area contributed by atoms with Crippen LogP contribution < -0.4 is 4.90 Å². The molecule has 2 aromatic carbocycles. The molecule has 0 spiro atoms. The van der Waals surface area contributed by atoms with Crippen LogP contribution in [0.2, 0.25) is 0 Å². The Morgan fingerprint density at radius 1 is 1.00 bits per heavy atom. The van der Waals surface area contributed by atoms with Crippen molar-refractivity contribution in [3.63, 3.8) is 0 Å². The highest BCUT2D eigenvalue weighted by molar-refractivity contribution is 5.91. The van der Waals surface area contributed by atoms with E-state index in [9.17, 15) is 9.50 Å². The highest BCUT2D eigenvalue weighted by Gasteiger charge is 2.22. The van der Waals surface area contributed by atoms with Crippen molar-refractivity contribution >= 4 is 16.7 Å². The van der Waals surface area contributed by atoms with E-state index in [0.717, 1.165) is 32.7 Å². The molecule has 1 aliphatic rings. The average molecular weight is 412 g/mol. The van der Waals surface area contributed by atoms with Gasteiger partial charge in [-0.15, -0.1) is 0 Å². The quantitative estimate of drug-likeness (QED) is 0.576. The Morgan fingerprint density at radius 2 is 1.80 bits per heavy atom. The lowest BCUT2D eigenvalue weighted by Crippen LogP contribution is -2.47. The third kappa shape index (κ3) is 4.51. The van der Waals surface area contributed by atoms with Crippen LogP contribution in [0, 0.1) is 5.82 Å². The van der Waals surface area contributed by atoms with Gasteiger partial charge in [0.05, 0.1) is 30.9 Å². The summed E-state index contributed by atoms with van der Waals surface area (Å²) >= 11 is 0. The fraction of sp³-hybridized carbons (Fsp3) is 0.364. The van der Waals surface area contributed by atoms with Crippen LogP contribution >= 0.6 is 0 Å². The van der Waals surface area contributed by atoms with Crippen molar-refractivity contribution in [2.75, 3.05) is 57.4 Å². The molecular formula is C22H25FN4O3. The number of rotatable bonds is 7. The first-order chi connectivity index (χ1) is 14.7. The predicted octanol–water partition coefficient (Wildman–Crippen LogP) is 2.27. The summed E-state index contributed by atoms with van der Waals surface area (Å²) in [5.74, 6) is 0.871. The van der Waals surface area contributed by atoms with E-state index >= 15 is 0 Å². The molecule has 1 fully saturated rings. The van der Waals surface area contributed by atoms with E-state index in [2.05, 4.69) is 14.8 Å². The predicted molar refractivity (Wildman–Crippen MR) is 113 cm³/mol. The molecule has 1 aliphatic heterocycles. The summed E-state index contributed by atoms with van der Waals surface area (Å²) in [4.78, 5) is 13.7. The average Bonchev–Trinajstić information content (AvgIpc) is 2.77. The van der Waals surface area contributed by atoms with E-state index in [1.165, 1.54) is 12.1 Å². The van der Waals surface area contributed by atoms with Crippen LogP contribution in [0.15, 0.2) is 42.5 Å². The second kappa shape index (κ2) is 9.34. The molecule has 30 heavy (non-hydrogen) atoms. The maximum Gasteiger partial charge on any atom is 0.165 e. The topological polar surface area (TPSA) is 82.0 Å². The van der Waals surface area contributed by atoms with Gasteiger partial charge >= 0.3 is 0 Å². The SMILES string of the molecule is OCCOCCN1CCN(c2nc(-c3ccccc3O)nc3ccc(F)cc23)CC1. The van der Waals surface area contributed by atoms with Crippen molar-refractivity contribution in [1.82, 2.24) is 14.9 Å². The second-order valence-corrected chi connectivity index (χ2v) is 7.21. The molecule has 3 aromatic rings. The van der Waals surface area contributed by atoms with Crippen molar-refractivity contribution in [2.45, 2.75) is 0 Å². The van der Waals surface area contributed by atoms with Gasteiger partial charge in [-0.05, 0) is 30.3 Å². The van der Waals surface area contributed by atoms with Gasteiger partial charge in [0.1, 0.15) is 17.4 Å². The van der Waals surface area contributed by atoms with Crippen LogP contribution in [0.25, 0.3) is 22.3 Å². The van der Waals surface area contributed by atoms with Crippen molar-refractivity contribution in [1.29, 1.82) is 0 Å². The van der Waals surface area contributed by atoms with Gasteiger partial charge in [-0.2, -0.15) is 0 Å². The summed E-state index contributed by atoms with van der Waals surface area (Å²) in [5, 5.41) is 19.7. The van der Waals surface area contributed by atoms with Crippen molar-refractivity contribution < 1.29 is 19.3 Å². The number of aromatic nitrogens is 2. The maximum atomic E-state index is 14.0. The third-order valence-corrected chi connectivity index (χ3v) is 5.24. The number of hydrogen-bond donors (Lipinski definition) is 2. The molecule has 7 nitrogen and oxygen atoms in total. The highest BCUT2D eigenvalue weighted by atomic mass is 19.1. The second-order valence-electron chi connectivity index (χ2n) is 7.21. The van der Waals surface area contributed by atoms with Gasteiger partial charge in [0.2, 0.25) is 0 Å². The van der Waals surface area contributed by atoms with Crippen LogP contribution in [0.4, 0.5) is 10.2 Å². The summed E-state index contributed by atoms with van der Waals surface area (Å²) in [7, 11) is 0. The van der Waals surface area contributed by atoms with Gasteiger partial charge < -0.3 is 19.8 Å². The van der Waals surface area contributed by atoms with Crippen LogP contribution in [-0.4, -0.2) is 77.6 Å². The van der Waals surface area contributed by atoms with Crippen LogP contribution in [-0.2, 0) is 4.74 Å². The van der Waals surface area contributed by atoms with Crippen LogP contribution in [0.3, 0.4) is 0 Å². The monoisotopic (exact) mass is 412 g/mol. The number of aliphatic hydroxyl groups is 1. The number of halogens is 1. The summed E-state index contributed by atoms with van der Waals surface area (Å²) in [6.45, 7) is 4.91. The molecule has 2 heterocycles. The van der Waals surface area contributed by atoms with Crippen molar-refractivity contribution in [2.24, 2.45) is 0 Å². The number of phenolic OH excluding ortho intramolecular Hbond substituents is 1. The van der Waals surface area contributed by atoms with E-state index in [-0.39, 0.29) is 18.2 Å². The Balaban J connectivity index is 1.60. The third-order valence-electron chi connectivity index (χ3n) is 5.24. The lowest BCUT2D eigenvalue weighted by molar-refractivity contribution is 0.0724. The number of nitrogens with zero attached hydrogens (tertiary/aromatic N) is 4. The van der Waals surface area contributed by atoms with Crippen molar-refractivity contribution in [3.8, 4) is 17.1 Å². The summed E-state index contributed by atoms with van der Waals surface area (Å²) in [5.41, 5.74) is 1.18. The minimum atomic E-state index is -0.331. The number of aliphatic hydroxyl groups excluding tert-OH is 1. The molecule has 0 saturated carbocycles. The Morgan fingerprint density at radius 3 is 2.57 bits per heavy atom. The lowest BCUT2D eigenvalue weighted by atomic mass is 10.1. The number of para-hydroxylation sites is 1. The highest BCUT2D eigenvalue weighted by Crippen LogP contribution is 2.32. The summed E-state index contributed by atoms with van der Waals surface area (Å²) in [6, 6.07) is 11.4. The zero-order chi connectivity index (χ0) is 20.9. The van der Waals surface area contributed by atoms with Gasteiger partial charge in [-0.1, -0.05) is 12.1 Å². The minimum absolute atomic E-state index is 0.0322. The molecule has 0 atom stereocenters. The maximum absolute atomic E-state index is 14.0. The van der Waals surface area contributed by atoms with E-state index in [1.54, 1.807) is 24.3 Å². The number of phenols is 1. The summed E-state index contributed by atoms with van der Waals surface area (Å²) < 4.78 is 19.3. The molecule has 4 rings (SSSR count). The van der Waals surface area contributed by atoms with Gasteiger partial charge in [0.15, 0.2) is 5.82 Å². The van der Waals surface area contributed by atoms with E-state index in [4.69, 9.17) is 14.8 Å². The number of fused-ring (bicyclic) bond motifs is 1. The van der Waals surface area contributed by atoms with E-state index < -0.39 is 0 Å². The zero-order valence-corrected chi connectivity index (χ0v) is 16.7. The van der Waals surface area contributed by atoms with Gasteiger partial charge in [-0.3, -0.25) is 4.90 Å². The molecule has 1 saturated heterocycles. The zero-order valence-electron chi connectivity index (χ0n) is 16.7. The molecule has 158 valence electrons. The smallest absolute Gasteiger partial charge is 0.165 e. The first-order valence-corrected chi connectivity index (χ1v) is 10.1. The molecular weight excluding hydrogens is 387 g/mol. The lowest BCUT2D eigenvalue weighted by Gasteiger charge is -2.35. The Hall–Kier alpha value is -2.81. The number of piperazine rings is 1. The molecule has 0 aliphatic carbocycles. The Bertz CT molecular complexity index is 1010. The summed E-state index contributed by atoms with van der Waals surface area (Å²) in [6.07, 6.45) is 0. The van der Waals surface area contributed by atoms with Crippen LogP contribution in [0.1, 0.15) is 0 Å². The molecule has 0 amide bonds. The van der Waals surface area contributed by atoms with Gasteiger partial charge in [0.25, 0.3) is 0 Å². The largest absolute Gasteiger partial charge is 0.507 e. The number of hydrogen-bond acceptors (Lipinski definition) is 7. The molecule has 0 unspecified atom stereocenters. The Kier molecular flexibility index (Phi) is 6.37. The fourth-order valence-corrected chi connectivity index (χ4v) is 3.65. The fourth-order valence-electron chi connectivity index (χ4n) is 3.65. The van der Waals surface area contributed by atoms with Gasteiger partial charge in [-0.25, -0.2) is 14.4 Å². The Labute approximate surface area is 174 Å². The number of aromatic hydroxyl groups is 1. The molecule has 8 heteroatoms. The molecule has 0 radical (unpaired) electrons. The number of benzene rings is 2. The first-order valence-electron chi connectivity index (χ1n) is 10.1. The van der Waals surface area contributed by atoms with Crippen molar-refractivity contribution in [3.05, 3.63) is 48.3 Å².